The van der Waals surface area contributed by atoms with E-state index >= 15 is 0 Å². The lowest BCUT2D eigenvalue weighted by Crippen LogP contribution is -2.31. The van der Waals surface area contributed by atoms with Gasteiger partial charge in [-0.25, -0.2) is 0 Å². The predicted octanol–water partition coefficient (Wildman–Crippen LogP) is 2.47. The molecule has 2 rings (SSSR count). The zero-order valence-corrected chi connectivity index (χ0v) is 10.8. The minimum absolute atomic E-state index is 0.281. The van der Waals surface area contributed by atoms with Crippen LogP contribution in [0.5, 0.6) is 0 Å². The summed E-state index contributed by atoms with van der Waals surface area (Å²) in [5.74, 6) is 0.839. The first-order valence-electron chi connectivity index (χ1n) is 6.19. The van der Waals surface area contributed by atoms with Gasteiger partial charge in [-0.2, -0.15) is 0 Å². The summed E-state index contributed by atoms with van der Waals surface area (Å²) in [6, 6.07) is 0. The first kappa shape index (κ1) is 12.9. The summed E-state index contributed by atoms with van der Waals surface area (Å²) in [7, 11) is -1.83. The van der Waals surface area contributed by atoms with Crippen molar-refractivity contribution in [3.63, 3.8) is 0 Å². The van der Waals surface area contributed by atoms with E-state index in [1.165, 1.54) is 0 Å². The third-order valence-corrected chi connectivity index (χ3v) is 4.22. The normalized spacial score (nSPS) is 23.5. The Morgan fingerprint density at radius 1 is 1.24 bits per heavy atom. The van der Waals surface area contributed by atoms with Crippen molar-refractivity contribution < 1.29 is 9.09 Å². The van der Waals surface area contributed by atoms with Crippen LogP contribution in [0, 0.1) is 11.8 Å². The van der Waals surface area contributed by atoms with E-state index in [2.05, 4.69) is 29.4 Å². The van der Waals surface area contributed by atoms with Gasteiger partial charge in [-0.15, -0.1) is 4.52 Å². The molecule has 2 unspecified atom stereocenters. The molecule has 0 fully saturated rings. The molecule has 0 aliphatic heterocycles. The molecule has 0 amide bonds. The molecule has 3 N–H and O–H groups in total. The number of nitrogens with one attached hydrogen (secondary N) is 1. The van der Waals surface area contributed by atoms with Crippen LogP contribution < -0.4 is 10.8 Å². The zero-order chi connectivity index (χ0) is 12.1. The highest BCUT2D eigenvalue weighted by Gasteiger charge is 2.30. The van der Waals surface area contributed by atoms with Gasteiger partial charge in [-0.05, 0) is 36.2 Å². The lowest BCUT2D eigenvalue weighted by Gasteiger charge is -2.12. The Morgan fingerprint density at radius 2 is 1.82 bits per heavy atom. The van der Waals surface area contributed by atoms with Gasteiger partial charge in [0.2, 0.25) is 0 Å². The summed E-state index contributed by atoms with van der Waals surface area (Å²) in [6.07, 6.45) is 12.1. The van der Waals surface area contributed by atoms with Gasteiger partial charge in [-0.1, -0.05) is 29.4 Å². The highest BCUT2D eigenvalue weighted by atomic mass is 31.1. The quantitative estimate of drug-likeness (QED) is 0.435. The molecule has 0 aromatic carbocycles. The Morgan fingerprint density at radius 3 is 2.47 bits per heavy atom. The van der Waals surface area contributed by atoms with Crippen LogP contribution in [-0.2, 0) is 9.09 Å². The Balaban J connectivity index is 1.62. The van der Waals surface area contributed by atoms with E-state index in [4.69, 9.17) is 10.3 Å². The summed E-state index contributed by atoms with van der Waals surface area (Å²) in [5, 5.41) is 2.93. The minimum atomic E-state index is -1.83. The molecule has 0 saturated carbocycles. The first-order chi connectivity index (χ1) is 8.25. The molecular weight excluding hydrogens is 235 g/mol. The van der Waals surface area contributed by atoms with Crippen molar-refractivity contribution in [2.75, 3.05) is 6.54 Å². The van der Waals surface area contributed by atoms with Crippen molar-refractivity contribution in [1.29, 1.82) is 0 Å². The third kappa shape index (κ3) is 4.00. The van der Waals surface area contributed by atoms with Gasteiger partial charge in [0.15, 0.2) is 6.23 Å². The van der Waals surface area contributed by atoms with Crippen molar-refractivity contribution in [2.45, 2.75) is 31.9 Å². The van der Waals surface area contributed by atoms with E-state index in [1.807, 2.05) is 0 Å². The van der Waals surface area contributed by atoms with Crippen LogP contribution in [-0.4, -0.2) is 12.8 Å². The molecule has 94 valence electrons. The SMILES string of the molecule is NC(O[P+](=O)NCC1CC=CC1)C1CC=CC1. The van der Waals surface area contributed by atoms with E-state index in [9.17, 15) is 4.57 Å². The number of hydrogen-bond acceptors (Lipinski definition) is 3. The molecule has 17 heavy (non-hydrogen) atoms. The van der Waals surface area contributed by atoms with Gasteiger partial charge in [0.05, 0.1) is 0 Å². The van der Waals surface area contributed by atoms with Gasteiger partial charge in [0, 0.05) is 12.5 Å². The zero-order valence-electron chi connectivity index (χ0n) is 9.92. The monoisotopic (exact) mass is 255 g/mol. The Kier molecular flexibility index (Phi) is 4.86. The fraction of sp³-hybridized carbons (Fsp3) is 0.667. The molecule has 2 aliphatic carbocycles. The summed E-state index contributed by atoms with van der Waals surface area (Å²) < 4.78 is 17.0. The number of nitrogens with two attached hydrogens (primary N) is 1. The molecule has 2 aliphatic rings. The molecule has 5 heteroatoms. The van der Waals surface area contributed by atoms with Crippen LogP contribution in [0.1, 0.15) is 25.7 Å². The van der Waals surface area contributed by atoms with Crippen molar-refractivity contribution in [1.82, 2.24) is 5.09 Å². The summed E-state index contributed by atoms with van der Waals surface area (Å²) >= 11 is 0. The summed E-state index contributed by atoms with van der Waals surface area (Å²) in [6.45, 7) is 0.734. The lowest BCUT2D eigenvalue weighted by atomic mass is 10.1. The van der Waals surface area contributed by atoms with Gasteiger partial charge in [0.1, 0.15) is 0 Å². The van der Waals surface area contributed by atoms with Gasteiger partial charge < -0.3 is 5.73 Å². The lowest BCUT2D eigenvalue weighted by molar-refractivity contribution is 0.153. The second kappa shape index (κ2) is 6.41. The van der Waals surface area contributed by atoms with Crippen molar-refractivity contribution in [2.24, 2.45) is 17.6 Å². The van der Waals surface area contributed by atoms with E-state index < -0.39 is 14.4 Å². The van der Waals surface area contributed by atoms with E-state index in [1.54, 1.807) is 0 Å². The maximum atomic E-state index is 11.7. The molecular formula is C12H20N2O2P+. The summed E-state index contributed by atoms with van der Waals surface area (Å²) in [4.78, 5) is 0. The fourth-order valence-electron chi connectivity index (χ4n) is 2.18. The molecule has 2 atom stereocenters. The highest BCUT2D eigenvalue weighted by Crippen LogP contribution is 2.28. The van der Waals surface area contributed by atoms with Crippen LogP contribution in [0.15, 0.2) is 24.3 Å². The van der Waals surface area contributed by atoms with E-state index in [0.717, 1.165) is 32.2 Å². The standard InChI is InChI=1S/C12H20N2O2P/c13-12(11-7-3-4-8-11)16-17(15)14-9-10-5-1-2-6-10/h1-4,10-12H,5-9,13H2,(H,14,15)/q+1. The third-order valence-electron chi connectivity index (χ3n) is 3.34. The smallest absolute Gasteiger partial charge is 0.302 e. The fourth-order valence-corrected chi connectivity index (χ4v) is 3.06. The molecule has 4 nitrogen and oxygen atoms in total. The number of hydrogen-bond donors (Lipinski definition) is 2. The van der Waals surface area contributed by atoms with Crippen LogP contribution in [0.3, 0.4) is 0 Å². The highest BCUT2D eigenvalue weighted by molar-refractivity contribution is 7.36. The maximum Gasteiger partial charge on any atom is 0.614 e. The Hall–Kier alpha value is -0.540. The second-order valence-electron chi connectivity index (χ2n) is 4.70. The van der Waals surface area contributed by atoms with E-state index in [0.29, 0.717) is 5.92 Å². The molecule has 0 spiro atoms. The van der Waals surface area contributed by atoms with Gasteiger partial charge in [0.25, 0.3) is 0 Å². The molecule has 0 bridgehead atoms. The van der Waals surface area contributed by atoms with Crippen LogP contribution >= 0.6 is 8.18 Å². The maximum absolute atomic E-state index is 11.7. The van der Waals surface area contributed by atoms with Gasteiger partial charge >= 0.3 is 8.18 Å². The van der Waals surface area contributed by atoms with Crippen molar-refractivity contribution in [3.8, 4) is 0 Å². The Labute approximate surface area is 103 Å². The average molecular weight is 255 g/mol. The second-order valence-corrected chi connectivity index (χ2v) is 5.74. The van der Waals surface area contributed by atoms with E-state index in [-0.39, 0.29) is 5.92 Å². The summed E-state index contributed by atoms with van der Waals surface area (Å²) in [5.41, 5.74) is 5.87. The van der Waals surface area contributed by atoms with Crippen LogP contribution in [0.4, 0.5) is 0 Å². The van der Waals surface area contributed by atoms with Crippen LogP contribution in [0.2, 0.25) is 0 Å². The molecule has 0 radical (unpaired) electrons. The molecule has 0 heterocycles. The van der Waals surface area contributed by atoms with Crippen molar-refractivity contribution in [3.05, 3.63) is 24.3 Å². The largest absolute Gasteiger partial charge is 0.614 e. The molecule has 0 saturated heterocycles. The average Bonchev–Trinajstić information content (AvgIpc) is 2.99. The van der Waals surface area contributed by atoms with Gasteiger partial charge in [-0.3, -0.25) is 0 Å². The predicted molar refractivity (Wildman–Crippen MR) is 68.4 cm³/mol. The van der Waals surface area contributed by atoms with Crippen molar-refractivity contribution >= 4 is 8.18 Å². The minimum Gasteiger partial charge on any atom is -0.302 e. The first-order valence-corrected chi connectivity index (χ1v) is 7.36. The number of allylic oxidation sites excluding steroid dienone is 4. The van der Waals surface area contributed by atoms with Crippen LogP contribution in [0.25, 0.3) is 0 Å². The molecule has 0 aromatic heterocycles. The topological polar surface area (TPSA) is 64.3 Å². The Bertz CT molecular complexity index is 314. The molecule has 0 aromatic rings. The number of rotatable bonds is 6.